The number of carbonyl (C=O) groups is 1. The molecule has 0 spiro atoms. The Morgan fingerprint density at radius 3 is 2.50 bits per heavy atom. The van der Waals surface area contributed by atoms with Crippen LogP contribution in [0.15, 0.2) is 0 Å². The van der Waals surface area contributed by atoms with Gasteiger partial charge in [0.25, 0.3) is 0 Å². The van der Waals surface area contributed by atoms with Gasteiger partial charge >= 0.3 is 0 Å². The molecule has 0 bridgehead atoms. The fraction of sp³-hybridized carbons (Fsp3) is 0.938. The minimum Gasteiger partial charge on any atom is -0.356 e. The summed E-state index contributed by atoms with van der Waals surface area (Å²) in [6.45, 7) is 6.56. The molecule has 2 fully saturated rings. The lowest BCUT2D eigenvalue weighted by atomic mass is 9.80. The van der Waals surface area contributed by atoms with Gasteiger partial charge in [-0.1, -0.05) is 26.2 Å². The van der Waals surface area contributed by atoms with E-state index >= 15 is 0 Å². The zero-order valence-electron chi connectivity index (χ0n) is 13.0. The first-order chi connectivity index (χ1) is 9.57. The Morgan fingerprint density at radius 2 is 1.85 bits per heavy atom. The van der Waals surface area contributed by atoms with Gasteiger partial charge in [0.05, 0.1) is 0 Å². The lowest BCUT2D eigenvalue weighted by molar-refractivity contribution is -0.122. The molecule has 0 aromatic heterocycles. The maximum absolute atomic E-state index is 12.1. The number of amides is 1. The number of nitrogens with zero attached hydrogens (tertiary/aromatic N) is 1. The van der Waals surface area contributed by atoms with Crippen LogP contribution in [0.5, 0.6) is 0 Å². The molecule has 1 atom stereocenters. The molecule has 1 unspecified atom stereocenters. The first kappa shape index (κ1) is 15.8. The Hall–Kier alpha value is -0.610. The molecule has 4 nitrogen and oxygen atoms in total. The van der Waals surface area contributed by atoms with Gasteiger partial charge in [-0.15, -0.1) is 0 Å². The fourth-order valence-electron chi connectivity index (χ4n) is 3.57. The van der Waals surface area contributed by atoms with E-state index in [1.165, 1.54) is 45.2 Å². The topological polar surface area (TPSA) is 58.4 Å². The number of rotatable bonds is 6. The maximum Gasteiger partial charge on any atom is 0.221 e. The van der Waals surface area contributed by atoms with Gasteiger partial charge in [-0.2, -0.15) is 0 Å². The van der Waals surface area contributed by atoms with Crippen LogP contribution in [0, 0.1) is 5.92 Å². The van der Waals surface area contributed by atoms with Crippen molar-refractivity contribution in [2.45, 2.75) is 63.8 Å². The van der Waals surface area contributed by atoms with E-state index in [4.69, 9.17) is 5.73 Å². The van der Waals surface area contributed by atoms with E-state index in [0.717, 1.165) is 25.9 Å². The average molecular weight is 281 g/mol. The highest BCUT2D eigenvalue weighted by Crippen LogP contribution is 2.28. The second-order valence-corrected chi connectivity index (χ2v) is 7.02. The van der Waals surface area contributed by atoms with E-state index in [2.05, 4.69) is 17.1 Å². The van der Waals surface area contributed by atoms with Crippen molar-refractivity contribution in [2.24, 2.45) is 11.7 Å². The summed E-state index contributed by atoms with van der Waals surface area (Å²) in [5.74, 6) is 0.666. The van der Waals surface area contributed by atoms with Gasteiger partial charge in [0.1, 0.15) is 0 Å². The van der Waals surface area contributed by atoms with E-state index in [1.54, 1.807) is 0 Å². The van der Waals surface area contributed by atoms with Crippen molar-refractivity contribution in [3.05, 3.63) is 0 Å². The van der Waals surface area contributed by atoms with Crippen LogP contribution in [0.2, 0.25) is 0 Å². The minimum atomic E-state index is -0.236. The molecule has 1 amide bonds. The van der Waals surface area contributed by atoms with E-state index in [-0.39, 0.29) is 11.4 Å². The molecule has 1 heterocycles. The monoisotopic (exact) mass is 281 g/mol. The van der Waals surface area contributed by atoms with Crippen LogP contribution in [0.3, 0.4) is 0 Å². The van der Waals surface area contributed by atoms with Crippen molar-refractivity contribution >= 4 is 5.91 Å². The number of nitrogens with two attached hydrogens (primary N) is 1. The number of carbonyl (C=O) groups excluding carboxylic acids is 1. The molecule has 4 heteroatoms. The normalized spacial score (nSPS) is 24.5. The molecule has 1 aliphatic heterocycles. The molecular weight excluding hydrogens is 250 g/mol. The van der Waals surface area contributed by atoms with Gasteiger partial charge in [-0.3, -0.25) is 4.79 Å². The summed E-state index contributed by atoms with van der Waals surface area (Å²) in [4.78, 5) is 14.6. The molecule has 2 rings (SSSR count). The Labute approximate surface area is 123 Å². The molecule has 116 valence electrons. The van der Waals surface area contributed by atoms with E-state index in [9.17, 15) is 4.79 Å². The van der Waals surface area contributed by atoms with Gasteiger partial charge in [0.2, 0.25) is 5.91 Å². The molecule has 0 aromatic carbocycles. The summed E-state index contributed by atoms with van der Waals surface area (Å²) in [5, 5.41) is 3.08. The Morgan fingerprint density at radius 1 is 1.20 bits per heavy atom. The van der Waals surface area contributed by atoms with E-state index in [0.29, 0.717) is 12.3 Å². The molecule has 2 aliphatic rings. The van der Waals surface area contributed by atoms with Crippen molar-refractivity contribution < 1.29 is 4.79 Å². The summed E-state index contributed by atoms with van der Waals surface area (Å²) in [6.07, 6.45) is 8.79. The van der Waals surface area contributed by atoms with Crippen LogP contribution in [0.1, 0.15) is 58.3 Å². The lowest BCUT2D eigenvalue weighted by Crippen LogP contribution is -2.46. The zero-order chi connectivity index (χ0) is 14.4. The number of hydrogen-bond donors (Lipinski definition) is 2. The predicted molar refractivity (Wildman–Crippen MR) is 82.5 cm³/mol. The van der Waals surface area contributed by atoms with Gasteiger partial charge < -0.3 is 16.0 Å². The van der Waals surface area contributed by atoms with Crippen molar-refractivity contribution in [3.63, 3.8) is 0 Å². The second kappa shape index (κ2) is 7.41. The summed E-state index contributed by atoms with van der Waals surface area (Å²) in [7, 11) is 0. The third kappa shape index (κ3) is 5.06. The Bertz CT molecular complexity index is 307. The van der Waals surface area contributed by atoms with Gasteiger partial charge in [-0.05, 0) is 44.7 Å². The first-order valence-electron chi connectivity index (χ1n) is 8.35. The van der Waals surface area contributed by atoms with Crippen LogP contribution in [-0.2, 0) is 4.79 Å². The number of nitrogens with one attached hydrogen (secondary N) is 1. The number of hydrogen-bond acceptors (Lipinski definition) is 3. The van der Waals surface area contributed by atoms with Gasteiger partial charge in [0, 0.05) is 25.0 Å². The Kier molecular flexibility index (Phi) is 5.85. The molecular formula is C16H31N3O. The SMILES string of the molecule is CC(CNC(=O)CC1(N)CCCCC1)CN1CCCC1. The van der Waals surface area contributed by atoms with Gasteiger partial charge in [-0.25, -0.2) is 0 Å². The average Bonchev–Trinajstić information content (AvgIpc) is 2.89. The standard InChI is InChI=1S/C16H31N3O/c1-14(13-19-9-5-6-10-19)12-18-15(20)11-16(17)7-3-2-4-8-16/h14H,2-13,17H2,1H3,(H,18,20). The van der Waals surface area contributed by atoms with Crippen LogP contribution >= 0.6 is 0 Å². The van der Waals surface area contributed by atoms with Crippen LogP contribution in [0.4, 0.5) is 0 Å². The molecule has 0 aromatic rings. The Balaban J connectivity index is 1.63. The van der Waals surface area contributed by atoms with Crippen molar-refractivity contribution in [1.29, 1.82) is 0 Å². The summed E-state index contributed by atoms with van der Waals surface area (Å²) in [5.41, 5.74) is 6.09. The lowest BCUT2D eigenvalue weighted by Gasteiger charge is -2.33. The third-order valence-electron chi connectivity index (χ3n) is 4.78. The molecule has 1 saturated carbocycles. The highest BCUT2D eigenvalue weighted by Gasteiger charge is 2.29. The first-order valence-corrected chi connectivity index (χ1v) is 8.35. The summed E-state index contributed by atoms with van der Waals surface area (Å²) >= 11 is 0. The minimum absolute atomic E-state index is 0.141. The third-order valence-corrected chi connectivity index (χ3v) is 4.78. The van der Waals surface area contributed by atoms with Crippen molar-refractivity contribution in [1.82, 2.24) is 10.2 Å². The van der Waals surface area contributed by atoms with E-state index in [1.807, 2.05) is 0 Å². The molecule has 1 aliphatic carbocycles. The van der Waals surface area contributed by atoms with E-state index < -0.39 is 0 Å². The summed E-state index contributed by atoms with van der Waals surface area (Å²) < 4.78 is 0. The zero-order valence-corrected chi connectivity index (χ0v) is 13.0. The highest BCUT2D eigenvalue weighted by molar-refractivity contribution is 5.77. The van der Waals surface area contributed by atoms with Crippen molar-refractivity contribution in [3.8, 4) is 0 Å². The highest BCUT2D eigenvalue weighted by atomic mass is 16.1. The molecule has 0 radical (unpaired) electrons. The smallest absolute Gasteiger partial charge is 0.221 e. The molecule has 1 saturated heterocycles. The number of likely N-dealkylation sites (tertiary alicyclic amines) is 1. The summed E-state index contributed by atoms with van der Waals surface area (Å²) in [6, 6.07) is 0. The fourth-order valence-corrected chi connectivity index (χ4v) is 3.57. The quantitative estimate of drug-likeness (QED) is 0.781. The van der Waals surface area contributed by atoms with Crippen LogP contribution in [-0.4, -0.2) is 42.5 Å². The predicted octanol–water partition coefficient (Wildman–Crippen LogP) is 1.89. The van der Waals surface area contributed by atoms with Crippen LogP contribution < -0.4 is 11.1 Å². The molecule has 20 heavy (non-hydrogen) atoms. The maximum atomic E-state index is 12.1. The van der Waals surface area contributed by atoms with Crippen molar-refractivity contribution in [2.75, 3.05) is 26.2 Å². The second-order valence-electron chi connectivity index (χ2n) is 7.02. The van der Waals surface area contributed by atoms with Gasteiger partial charge in [0.15, 0.2) is 0 Å². The largest absolute Gasteiger partial charge is 0.356 e. The molecule has 3 N–H and O–H groups in total. The van der Waals surface area contributed by atoms with Crippen LogP contribution in [0.25, 0.3) is 0 Å².